The van der Waals surface area contributed by atoms with Crippen LogP contribution in [0.1, 0.15) is 88.0 Å². The number of amides is 5. The molecule has 2 bridgehead atoms. The van der Waals surface area contributed by atoms with Gasteiger partial charge in [-0.25, -0.2) is 4.85 Å². The van der Waals surface area contributed by atoms with E-state index in [1.165, 1.54) is 0 Å². The molecule has 13 nitrogen and oxygen atoms in total. The summed E-state index contributed by atoms with van der Waals surface area (Å²) in [6.45, 7) is 15.7. The van der Waals surface area contributed by atoms with Gasteiger partial charge in [0.2, 0.25) is 17.5 Å². The molecule has 0 radical (unpaired) electrons. The number of fused-ring (bicyclic) bond motifs is 3. The highest BCUT2D eigenvalue weighted by molar-refractivity contribution is 6.34. The highest BCUT2D eigenvalue weighted by atomic mass is 35.5. The number of piperidine rings is 3. The number of carbonyl (C=O) groups is 5. The molecule has 6 aliphatic rings. The number of rotatable bonds is 8. The fourth-order valence-electron chi connectivity index (χ4n) is 10.1. The van der Waals surface area contributed by atoms with Crippen LogP contribution in [0.15, 0.2) is 54.6 Å². The van der Waals surface area contributed by atoms with Crippen LogP contribution in [0.5, 0.6) is 5.75 Å². The maximum Gasteiger partial charge on any atom is 0.262 e. The zero-order chi connectivity index (χ0) is 40.9. The number of nitrogens with zero attached hydrogens (tertiary/aromatic N) is 6. The van der Waals surface area contributed by atoms with Gasteiger partial charge in [-0.3, -0.25) is 39.1 Å². The van der Waals surface area contributed by atoms with Crippen molar-refractivity contribution in [1.29, 1.82) is 0 Å². The van der Waals surface area contributed by atoms with Crippen LogP contribution in [-0.2, 0) is 9.59 Å². The number of hydrogen-bond acceptors (Lipinski definition) is 9. The summed E-state index contributed by atoms with van der Waals surface area (Å²) in [5, 5.41) is 2.69. The molecule has 5 saturated heterocycles. The van der Waals surface area contributed by atoms with E-state index in [0.717, 1.165) is 112 Å². The third kappa shape index (κ3) is 7.42. The number of hydrogen-bond donors (Lipinski definition) is 1. The Morgan fingerprint density at radius 2 is 1.47 bits per heavy atom. The monoisotopic (exact) mass is 817 g/mol. The average Bonchev–Trinajstić information content (AvgIpc) is 3.66. The first-order valence-corrected chi connectivity index (χ1v) is 21.3. The molecular formula is C45H48ClN7O6. The molecular weight excluding hydrogens is 770 g/mol. The number of anilines is 2. The Balaban J connectivity index is 0.732. The molecule has 0 aliphatic carbocycles. The fraction of sp³-hybridized carbons (Fsp3) is 0.467. The Morgan fingerprint density at radius 1 is 0.814 bits per heavy atom. The van der Waals surface area contributed by atoms with Gasteiger partial charge in [0.1, 0.15) is 17.9 Å². The number of benzene rings is 3. The molecule has 59 heavy (non-hydrogen) atoms. The Morgan fingerprint density at radius 3 is 2.15 bits per heavy atom. The molecule has 14 heteroatoms. The van der Waals surface area contributed by atoms with Crippen LogP contribution in [0.25, 0.3) is 4.85 Å². The molecule has 0 saturated carbocycles. The Labute approximate surface area is 349 Å². The van der Waals surface area contributed by atoms with Crippen LogP contribution in [0.4, 0.5) is 17.1 Å². The van der Waals surface area contributed by atoms with Gasteiger partial charge in [0.25, 0.3) is 17.7 Å². The van der Waals surface area contributed by atoms with E-state index in [-0.39, 0.29) is 42.8 Å². The smallest absolute Gasteiger partial charge is 0.262 e. The minimum atomic E-state index is -0.969. The van der Waals surface area contributed by atoms with Gasteiger partial charge in [-0.05, 0) is 99.0 Å². The summed E-state index contributed by atoms with van der Waals surface area (Å²) in [5.41, 5.74) is 4.59. The number of piperazine rings is 1. The van der Waals surface area contributed by atoms with Gasteiger partial charge in [0.05, 0.1) is 22.7 Å². The molecule has 0 aromatic heterocycles. The van der Waals surface area contributed by atoms with Gasteiger partial charge >= 0.3 is 0 Å². The number of nitrogens with one attached hydrogen (secondary N) is 1. The summed E-state index contributed by atoms with van der Waals surface area (Å²) in [4.78, 5) is 78.2. The van der Waals surface area contributed by atoms with Crippen LogP contribution in [-0.4, -0.2) is 114 Å². The van der Waals surface area contributed by atoms with E-state index in [2.05, 4.69) is 41.9 Å². The summed E-state index contributed by atoms with van der Waals surface area (Å²) in [6.07, 6.45) is 5.80. The van der Waals surface area contributed by atoms with Crippen LogP contribution < -0.4 is 19.9 Å². The maximum atomic E-state index is 13.8. The van der Waals surface area contributed by atoms with Crippen molar-refractivity contribution in [3.8, 4) is 5.75 Å². The molecule has 5 amide bonds. The summed E-state index contributed by atoms with van der Waals surface area (Å²) >= 11 is 6.40. The second-order valence-electron chi connectivity index (χ2n) is 16.9. The van der Waals surface area contributed by atoms with Crippen LogP contribution >= 0.6 is 11.6 Å². The van der Waals surface area contributed by atoms with E-state index in [9.17, 15) is 24.0 Å². The second-order valence-corrected chi connectivity index (χ2v) is 17.3. The molecule has 9 rings (SSSR count). The van der Waals surface area contributed by atoms with Crippen molar-refractivity contribution < 1.29 is 28.7 Å². The first-order valence-electron chi connectivity index (χ1n) is 20.9. The van der Waals surface area contributed by atoms with E-state index in [1.54, 1.807) is 18.2 Å². The maximum absolute atomic E-state index is 13.8. The molecule has 6 heterocycles. The van der Waals surface area contributed by atoms with Gasteiger partial charge in [0, 0.05) is 94.1 Å². The van der Waals surface area contributed by atoms with Crippen molar-refractivity contribution in [2.75, 3.05) is 55.6 Å². The van der Waals surface area contributed by atoms with Gasteiger partial charge in [-0.2, -0.15) is 0 Å². The normalized spacial score (nSPS) is 25.0. The highest BCUT2D eigenvalue weighted by Gasteiger charge is 2.46. The van der Waals surface area contributed by atoms with Gasteiger partial charge < -0.3 is 19.4 Å². The molecule has 5 fully saturated rings. The Bertz CT molecular complexity index is 2230. The first-order chi connectivity index (χ1) is 28.6. The van der Waals surface area contributed by atoms with E-state index in [1.807, 2.05) is 31.2 Å². The van der Waals surface area contributed by atoms with Crippen molar-refractivity contribution in [3.63, 3.8) is 0 Å². The zero-order valence-corrected chi connectivity index (χ0v) is 34.0. The molecule has 1 N–H and O–H groups in total. The molecule has 3 aromatic rings. The van der Waals surface area contributed by atoms with E-state index in [0.29, 0.717) is 33.5 Å². The Hall–Kier alpha value is -5.45. The standard InChI is InChI=1S/C45H48ClN7O6/c1-27-39(13-11-37(47-2)41(27)46)59-34-23-32-7-8-33(24-34)52(32)43(56)29-3-5-30(6-4-29)51-21-19-49(20-22-51)26-28-15-17-50(18-16-28)31-9-10-35-36(25-31)45(58)53(44(35)57)38-12-14-40(54)48-42(38)55/h3-6,9-11,13,25,28,32-34,38H,7-8,12,14-24,26H2,1H3,(H,48,54,55). The highest BCUT2D eigenvalue weighted by Crippen LogP contribution is 2.41. The van der Waals surface area contributed by atoms with Gasteiger partial charge in [-0.1, -0.05) is 17.7 Å². The summed E-state index contributed by atoms with van der Waals surface area (Å²) in [6, 6.07) is 16.4. The Kier molecular flexibility index (Phi) is 10.6. The third-order valence-electron chi connectivity index (χ3n) is 13.4. The van der Waals surface area contributed by atoms with Crippen molar-refractivity contribution in [2.24, 2.45) is 5.92 Å². The topological polar surface area (TPSA) is 127 Å². The second kappa shape index (κ2) is 16.0. The van der Waals surface area contributed by atoms with Crippen LogP contribution in [0.3, 0.4) is 0 Å². The average molecular weight is 818 g/mol. The van der Waals surface area contributed by atoms with Crippen molar-refractivity contribution in [1.82, 2.24) is 20.0 Å². The quantitative estimate of drug-likeness (QED) is 0.220. The summed E-state index contributed by atoms with van der Waals surface area (Å²) < 4.78 is 6.40. The third-order valence-corrected chi connectivity index (χ3v) is 13.9. The fourth-order valence-corrected chi connectivity index (χ4v) is 10.3. The van der Waals surface area contributed by atoms with Gasteiger partial charge in [0.15, 0.2) is 0 Å². The summed E-state index contributed by atoms with van der Waals surface area (Å²) in [5.74, 6) is -0.586. The van der Waals surface area contributed by atoms with E-state index < -0.39 is 23.8 Å². The van der Waals surface area contributed by atoms with Crippen LogP contribution in [0.2, 0.25) is 5.02 Å². The van der Waals surface area contributed by atoms with Crippen molar-refractivity contribution in [2.45, 2.75) is 82.5 Å². The minimum Gasteiger partial charge on any atom is -0.490 e. The molecule has 3 unspecified atom stereocenters. The molecule has 0 spiro atoms. The van der Waals surface area contributed by atoms with E-state index >= 15 is 0 Å². The van der Waals surface area contributed by atoms with E-state index in [4.69, 9.17) is 22.9 Å². The molecule has 3 aromatic carbocycles. The SMILES string of the molecule is [C-]#[N+]c1ccc(OC2CC3CCC(C2)N3C(=O)c2ccc(N3CCN(CC4CCN(c5ccc6c(c5)C(=O)N(C5CCC(=O)NC5=O)C6=O)CC4)CC3)cc2)c(C)c1Cl. The van der Waals surface area contributed by atoms with Crippen LogP contribution in [0, 0.1) is 19.4 Å². The lowest BCUT2D eigenvalue weighted by Crippen LogP contribution is -2.54. The predicted octanol–water partition coefficient (Wildman–Crippen LogP) is 5.85. The van der Waals surface area contributed by atoms with Crippen molar-refractivity contribution in [3.05, 3.63) is 93.3 Å². The largest absolute Gasteiger partial charge is 0.490 e. The lowest BCUT2D eigenvalue weighted by molar-refractivity contribution is -0.136. The molecule has 306 valence electrons. The predicted molar refractivity (Wildman–Crippen MR) is 222 cm³/mol. The number of carbonyl (C=O) groups excluding carboxylic acids is 5. The number of ether oxygens (including phenoxy) is 1. The zero-order valence-electron chi connectivity index (χ0n) is 33.2. The first kappa shape index (κ1) is 39.0. The lowest BCUT2D eigenvalue weighted by Gasteiger charge is -2.40. The van der Waals surface area contributed by atoms with Crippen molar-refractivity contribution >= 4 is 58.2 Å². The lowest BCUT2D eigenvalue weighted by atomic mass is 9.95. The number of imide groups is 2. The molecule has 3 atom stereocenters. The minimum absolute atomic E-state index is 0.000482. The summed E-state index contributed by atoms with van der Waals surface area (Å²) in [7, 11) is 0. The van der Waals surface area contributed by atoms with Gasteiger partial charge in [-0.15, -0.1) is 0 Å². The molecule has 6 aliphatic heterocycles. The number of halogens is 1.